The van der Waals surface area contributed by atoms with Crippen LogP contribution in [0.25, 0.3) is 0 Å². The highest BCUT2D eigenvalue weighted by molar-refractivity contribution is 7.79. The second-order valence-electron chi connectivity index (χ2n) is 2.27. The van der Waals surface area contributed by atoms with E-state index in [0.29, 0.717) is 6.54 Å². The first-order chi connectivity index (χ1) is 5.68. The van der Waals surface area contributed by atoms with E-state index in [-0.39, 0.29) is 5.91 Å². The number of carbonyl (C=O) groups excluding carboxylic acids is 1. The fourth-order valence-corrected chi connectivity index (χ4v) is 0.309. The second-order valence-corrected chi connectivity index (χ2v) is 3.16. The largest absolute Gasteiger partial charge is 0.394 e. The van der Waals surface area contributed by atoms with E-state index < -0.39 is 10.4 Å². The Morgan fingerprint density at radius 3 is 1.77 bits per heavy atom. The van der Waals surface area contributed by atoms with Gasteiger partial charge in [0.2, 0.25) is 5.91 Å². The Hall–Kier alpha value is -0.700. The van der Waals surface area contributed by atoms with Gasteiger partial charge in [0.25, 0.3) is 0 Å². The molecule has 0 unspecified atom stereocenters. The van der Waals surface area contributed by atoms with Crippen LogP contribution in [0.15, 0.2) is 0 Å². The standard InChI is InChI=1S/C5H12N2O.H2O4S/c1-6-4-5(8)7(2)3;1-5(2,3)4/h6H,4H2,1-3H3;(H2,1,2,3,4). The van der Waals surface area contributed by atoms with E-state index in [4.69, 9.17) is 17.5 Å². The van der Waals surface area contributed by atoms with E-state index in [1.807, 2.05) is 0 Å². The van der Waals surface area contributed by atoms with Crippen LogP contribution in [0, 0.1) is 0 Å². The lowest BCUT2D eigenvalue weighted by molar-refractivity contribution is -0.127. The molecule has 0 atom stereocenters. The number of nitrogens with zero attached hydrogens (tertiary/aromatic N) is 1. The minimum atomic E-state index is -4.67. The van der Waals surface area contributed by atoms with Gasteiger partial charge in [-0.25, -0.2) is 0 Å². The molecule has 3 N–H and O–H groups in total. The molecule has 0 aromatic rings. The van der Waals surface area contributed by atoms with Crippen molar-refractivity contribution in [3.63, 3.8) is 0 Å². The van der Waals surface area contributed by atoms with Gasteiger partial charge in [0.05, 0.1) is 6.54 Å². The minimum absolute atomic E-state index is 0.104. The molecule has 0 heterocycles. The molecule has 80 valence electrons. The number of nitrogens with one attached hydrogen (secondary N) is 1. The summed E-state index contributed by atoms with van der Waals surface area (Å²) >= 11 is 0. The van der Waals surface area contributed by atoms with Gasteiger partial charge in [-0.2, -0.15) is 8.42 Å². The first-order valence-electron chi connectivity index (χ1n) is 3.23. The van der Waals surface area contributed by atoms with Crippen LogP contribution in [0.2, 0.25) is 0 Å². The lowest BCUT2D eigenvalue weighted by Gasteiger charge is -2.07. The summed E-state index contributed by atoms with van der Waals surface area (Å²) in [5.41, 5.74) is 0. The molecule has 0 fully saturated rings. The Morgan fingerprint density at radius 2 is 1.69 bits per heavy atom. The summed E-state index contributed by atoms with van der Waals surface area (Å²) in [7, 11) is 0.556. The molecule has 0 saturated heterocycles. The Bertz CT molecular complexity index is 227. The molecule has 0 radical (unpaired) electrons. The van der Waals surface area contributed by atoms with Gasteiger partial charge in [-0.05, 0) is 7.05 Å². The van der Waals surface area contributed by atoms with Crippen molar-refractivity contribution in [1.82, 2.24) is 10.2 Å². The monoisotopic (exact) mass is 214 g/mol. The highest BCUT2D eigenvalue weighted by Gasteiger charge is 1.98. The maximum atomic E-state index is 10.6. The van der Waals surface area contributed by atoms with E-state index in [1.165, 1.54) is 0 Å². The van der Waals surface area contributed by atoms with Gasteiger partial charge >= 0.3 is 10.4 Å². The summed E-state index contributed by atoms with van der Waals surface area (Å²) in [6.07, 6.45) is 0. The predicted octanol–water partition coefficient (Wildman–Crippen LogP) is -1.36. The molecule has 8 heteroatoms. The molecule has 7 nitrogen and oxygen atoms in total. The van der Waals surface area contributed by atoms with Crippen LogP contribution in [-0.4, -0.2) is 56.0 Å². The lowest BCUT2D eigenvalue weighted by Crippen LogP contribution is -2.30. The number of rotatable bonds is 2. The van der Waals surface area contributed by atoms with Crippen LogP contribution < -0.4 is 5.32 Å². The van der Waals surface area contributed by atoms with E-state index >= 15 is 0 Å². The number of likely N-dealkylation sites (N-methyl/N-ethyl adjacent to an activating group) is 2. The van der Waals surface area contributed by atoms with Crippen LogP contribution in [-0.2, 0) is 15.2 Å². The van der Waals surface area contributed by atoms with Crippen LogP contribution in [0.3, 0.4) is 0 Å². The number of hydrogen-bond donors (Lipinski definition) is 3. The van der Waals surface area contributed by atoms with Crippen molar-refractivity contribution in [3.8, 4) is 0 Å². The van der Waals surface area contributed by atoms with Crippen molar-refractivity contribution in [2.75, 3.05) is 27.7 Å². The molecule has 0 aliphatic carbocycles. The molecular formula is C5H14N2O5S. The zero-order chi connectivity index (χ0) is 11.1. The van der Waals surface area contributed by atoms with Crippen molar-refractivity contribution >= 4 is 16.3 Å². The quantitative estimate of drug-likeness (QED) is 0.490. The molecule has 0 saturated carbocycles. The maximum absolute atomic E-state index is 10.6. The van der Waals surface area contributed by atoms with Gasteiger partial charge in [0, 0.05) is 14.1 Å². The van der Waals surface area contributed by atoms with E-state index in [2.05, 4.69) is 5.32 Å². The van der Waals surface area contributed by atoms with E-state index in [1.54, 1.807) is 26.0 Å². The van der Waals surface area contributed by atoms with E-state index in [0.717, 1.165) is 0 Å². The van der Waals surface area contributed by atoms with Crippen LogP contribution in [0.5, 0.6) is 0 Å². The molecular weight excluding hydrogens is 200 g/mol. The summed E-state index contributed by atoms with van der Waals surface area (Å²) in [6.45, 7) is 0.424. The van der Waals surface area contributed by atoms with Gasteiger partial charge in [-0.3, -0.25) is 13.9 Å². The average molecular weight is 214 g/mol. The predicted molar refractivity (Wildman–Crippen MR) is 46.8 cm³/mol. The Labute approximate surface area is 77.3 Å². The smallest absolute Gasteiger partial charge is 0.348 e. The first kappa shape index (κ1) is 14.8. The Kier molecular flexibility index (Phi) is 7.72. The van der Waals surface area contributed by atoms with Gasteiger partial charge < -0.3 is 10.2 Å². The molecule has 0 aromatic carbocycles. The fraction of sp³-hybridized carbons (Fsp3) is 0.800. The van der Waals surface area contributed by atoms with Crippen molar-refractivity contribution in [2.45, 2.75) is 0 Å². The molecule has 1 amide bonds. The van der Waals surface area contributed by atoms with Gasteiger partial charge in [0.1, 0.15) is 0 Å². The molecule has 0 aliphatic heterocycles. The zero-order valence-corrected chi connectivity index (χ0v) is 8.50. The molecule has 0 aromatic heterocycles. The van der Waals surface area contributed by atoms with Crippen molar-refractivity contribution in [3.05, 3.63) is 0 Å². The van der Waals surface area contributed by atoms with Crippen LogP contribution in [0.1, 0.15) is 0 Å². The average Bonchev–Trinajstić information content (AvgIpc) is 1.84. The van der Waals surface area contributed by atoms with Crippen molar-refractivity contribution in [1.29, 1.82) is 0 Å². The third kappa shape index (κ3) is 24.6. The Morgan fingerprint density at radius 1 is 1.38 bits per heavy atom. The summed E-state index contributed by atoms with van der Waals surface area (Å²) < 4.78 is 31.6. The van der Waals surface area contributed by atoms with E-state index in [9.17, 15) is 4.79 Å². The van der Waals surface area contributed by atoms with Crippen LogP contribution >= 0.6 is 0 Å². The van der Waals surface area contributed by atoms with Crippen LogP contribution in [0.4, 0.5) is 0 Å². The molecule has 13 heavy (non-hydrogen) atoms. The SMILES string of the molecule is CNCC(=O)N(C)C.O=S(=O)(O)O. The van der Waals surface area contributed by atoms with Crippen molar-refractivity contribution < 1.29 is 22.3 Å². The minimum Gasteiger partial charge on any atom is -0.348 e. The molecule has 0 spiro atoms. The molecule has 0 bridgehead atoms. The lowest BCUT2D eigenvalue weighted by atomic mass is 10.5. The normalized spacial score (nSPS) is 9.92. The number of carbonyl (C=O) groups is 1. The maximum Gasteiger partial charge on any atom is 0.394 e. The second kappa shape index (κ2) is 6.78. The topological polar surface area (TPSA) is 107 Å². The fourth-order valence-electron chi connectivity index (χ4n) is 0.309. The summed E-state index contributed by atoms with van der Waals surface area (Å²) in [5, 5.41) is 2.76. The highest BCUT2D eigenvalue weighted by Crippen LogP contribution is 1.72. The third-order valence-corrected chi connectivity index (χ3v) is 0.827. The Balaban J connectivity index is 0. The summed E-state index contributed by atoms with van der Waals surface area (Å²) in [6, 6.07) is 0. The summed E-state index contributed by atoms with van der Waals surface area (Å²) in [4.78, 5) is 12.2. The summed E-state index contributed by atoms with van der Waals surface area (Å²) in [5.74, 6) is 0.104. The van der Waals surface area contributed by atoms with Gasteiger partial charge in [0.15, 0.2) is 0 Å². The van der Waals surface area contributed by atoms with Gasteiger partial charge in [-0.1, -0.05) is 0 Å². The zero-order valence-electron chi connectivity index (χ0n) is 7.68. The molecule has 0 aliphatic rings. The number of amides is 1. The molecule has 0 rings (SSSR count). The third-order valence-electron chi connectivity index (χ3n) is 0.827. The first-order valence-corrected chi connectivity index (χ1v) is 4.62. The van der Waals surface area contributed by atoms with Crippen molar-refractivity contribution in [2.24, 2.45) is 0 Å². The highest BCUT2D eigenvalue weighted by atomic mass is 32.3. The number of hydrogen-bond acceptors (Lipinski definition) is 4. The van der Waals surface area contributed by atoms with Gasteiger partial charge in [-0.15, -0.1) is 0 Å².